The van der Waals surface area contributed by atoms with Gasteiger partial charge in [-0.05, 0) is 97.9 Å². The molecule has 2 aliphatic rings. The fraction of sp³-hybridized carbons (Fsp3) is 0.385. The van der Waals surface area contributed by atoms with Crippen molar-refractivity contribution in [2.24, 2.45) is 5.41 Å². The molecule has 0 radical (unpaired) electrons. The van der Waals surface area contributed by atoms with Crippen LogP contribution in [0.2, 0.25) is 10.0 Å². The molecule has 3 N–H and O–H groups in total. The van der Waals surface area contributed by atoms with E-state index in [9.17, 15) is 19.8 Å². The zero-order chi connectivity index (χ0) is 37.2. The number of aryl methyl sites for hydroxylation is 1. The van der Waals surface area contributed by atoms with E-state index in [4.69, 9.17) is 42.1 Å². The molecule has 274 valence electrons. The Hall–Kier alpha value is -4.58. The number of nitrogens with one attached hydrogen (secondary N) is 1. The Balaban J connectivity index is 1.14. The van der Waals surface area contributed by atoms with Crippen molar-refractivity contribution >= 4 is 35.1 Å². The summed E-state index contributed by atoms with van der Waals surface area (Å²) in [5.41, 5.74) is 5.83. The maximum absolute atomic E-state index is 11.6. The summed E-state index contributed by atoms with van der Waals surface area (Å²) in [4.78, 5) is 32.2. The highest BCUT2D eigenvalue weighted by Crippen LogP contribution is 2.50. The zero-order valence-electron chi connectivity index (χ0n) is 29.5. The topological polar surface area (TPSA) is 149 Å². The van der Waals surface area contributed by atoms with Crippen LogP contribution in [0.15, 0.2) is 48.5 Å². The number of hydrogen-bond acceptors (Lipinski definition) is 9. The van der Waals surface area contributed by atoms with Gasteiger partial charge in [0.25, 0.3) is 0 Å². The van der Waals surface area contributed by atoms with Crippen LogP contribution in [0.4, 0.5) is 0 Å². The van der Waals surface area contributed by atoms with Gasteiger partial charge < -0.3 is 29.2 Å². The minimum atomic E-state index is -0.905. The van der Waals surface area contributed by atoms with E-state index in [0.717, 1.165) is 38.9 Å². The van der Waals surface area contributed by atoms with Gasteiger partial charge in [0, 0.05) is 17.7 Å². The standard InChI is InChI=1S/C39H41Cl2N3O8/c1-22-25(20-51-34-30(40)17-24(32(43-34)49-3)11-12-38(13-14-38)36(45)46)7-5-9-28(22)29-10-6-8-26(23(29)2)21-52-35-31(41)18-27(33(44-35)50-4)19-42-39(15-16-39)37(47)48/h5-10,17-18,42H,11-16,19-21H2,1-4H3,(H,45,46)(H,47,48). The third kappa shape index (κ3) is 7.77. The van der Waals surface area contributed by atoms with Gasteiger partial charge in [0.2, 0.25) is 23.5 Å². The van der Waals surface area contributed by atoms with Gasteiger partial charge in [-0.25, -0.2) is 0 Å². The number of hydrogen-bond donors (Lipinski definition) is 3. The highest BCUT2D eigenvalue weighted by molar-refractivity contribution is 6.32. The lowest BCUT2D eigenvalue weighted by atomic mass is 9.92. The molecule has 6 rings (SSSR count). The summed E-state index contributed by atoms with van der Waals surface area (Å²) in [7, 11) is 3.02. The molecule has 4 aromatic rings. The number of aromatic nitrogens is 2. The van der Waals surface area contributed by atoms with Gasteiger partial charge in [0.1, 0.15) is 28.8 Å². The monoisotopic (exact) mass is 749 g/mol. The average Bonchev–Trinajstić information content (AvgIpc) is 4.06. The molecule has 11 nitrogen and oxygen atoms in total. The maximum Gasteiger partial charge on any atom is 0.323 e. The highest BCUT2D eigenvalue weighted by Gasteiger charge is 2.50. The van der Waals surface area contributed by atoms with Gasteiger partial charge in [0.05, 0.1) is 19.6 Å². The van der Waals surface area contributed by atoms with Crippen LogP contribution < -0.4 is 24.3 Å². The normalized spacial score (nSPS) is 15.1. The van der Waals surface area contributed by atoms with Crippen LogP contribution in [0, 0.1) is 19.3 Å². The first-order valence-electron chi connectivity index (χ1n) is 17.0. The third-order valence-electron chi connectivity index (χ3n) is 10.2. The Morgan fingerprint density at radius 3 is 1.67 bits per heavy atom. The fourth-order valence-electron chi connectivity index (χ4n) is 6.36. The number of benzene rings is 2. The number of carbonyl (C=O) groups is 2. The van der Waals surface area contributed by atoms with Crippen molar-refractivity contribution in [3.8, 4) is 34.6 Å². The Morgan fingerprint density at radius 1 is 0.731 bits per heavy atom. The van der Waals surface area contributed by atoms with Crippen LogP contribution in [0.3, 0.4) is 0 Å². The molecule has 2 fully saturated rings. The molecule has 0 unspecified atom stereocenters. The summed E-state index contributed by atoms with van der Waals surface area (Å²) >= 11 is 13.2. The quantitative estimate of drug-likeness (QED) is 0.0973. The van der Waals surface area contributed by atoms with Crippen LogP contribution in [0.5, 0.6) is 23.5 Å². The second-order valence-electron chi connectivity index (χ2n) is 13.5. The first-order valence-corrected chi connectivity index (χ1v) is 17.8. The molecule has 0 aliphatic heterocycles. The molecule has 2 aromatic carbocycles. The maximum atomic E-state index is 11.6. The lowest BCUT2D eigenvalue weighted by Gasteiger charge is -2.18. The van der Waals surface area contributed by atoms with Crippen LogP contribution in [0.1, 0.15) is 65.5 Å². The highest BCUT2D eigenvalue weighted by atomic mass is 35.5. The summed E-state index contributed by atoms with van der Waals surface area (Å²) in [5.74, 6) is -0.512. The van der Waals surface area contributed by atoms with Crippen LogP contribution in [-0.4, -0.2) is 51.9 Å². The molecule has 0 spiro atoms. The Morgan fingerprint density at radius 2 is 1.23 bits per heavy atom. The summed E-state index contributed by atoms with van der Waals surface area (Å²) in [6.45, 7) is 4.74. The molecule has 0 atom stereocenters. The van der Waals surface area contributed by atoms with Gasteiger partial charge in [-0.3, -0.25) is 14.9 Å². The van der Waals surface area contributed by atoms with Gasteiger partial charge in [0.15, 0.2) is 0 Å². The molecule has 52 heavy (non-hydrogen) atoms. The summed E-state index contributed by atoms with van der Waals surface area (Å²) in [5, 5.41) is 22.7. The van der Waals surface area contributed by atoms with Crippen molar-refractivity contribution < 1.29 is 38.7 Å². The number of halogens is 2. The number of carboxylic acids is 2. The SMILES string of the molecule is COc1nc(OCc2cccc(-c3cccc(COc4nc(OC)c(CNC5(C(=O)O)CC5)cc4Cl)c3C)c2C)c(Cl)cc1CCC1(C(=O)O)CC1. The molecular formula is C39H41Cl2N3O8. The zero-order valence-corrected chi connectivity index (χ0v) is 31.0. The smallest absolute Gasteiger partial charge is 0.323 e. The molecule has 2 heterocycles. The van der Waals surface area contributed by atoms with E-state index in [1.165, 1.54) is 14.2 Å². The Labute approximate surface area is 312 Å². The molecule has 2 saturated carbocycles. The molecular weight excluding hydrogens is 709 g/mol. The second-order valence-corrected chi connectivity index (χ2v) is 14.3. The van der Waals surface area contributed by atoms with Crippen molar-refractivity contribution in [3.05, 3.63) is 92.0 Å². The van der Waals surface area contributed by atoms with Crippen molar-refractivity contribution in [1.29, 1.82) is 0 Å². The van der Waals surface area contributed by atoms with E-state index in [2.05, 4.69) is 27.4 Å². The Kier molecular flexibility index (Phi) is 10.9. The number of ether oxygens (including phenoxy) is 4. The Bertz CT molecular complexity index is 1870. The second kappa shape index (κ2) is 15.2. The van der Waals surface area contributed by atoms with E-state index in [1.54, 1.807) is 12.1 Å². The summed E-state index contributed by atoms with van der Waals surface area (Å²) in [6.07, 6.45) is 3.49. The van der Waals surface area contributed by atoms with Gasteiger partial charge in [-0.2, -0.15) is 9.97 Å². The summed E-state index contributed by atoms with van der Waals surface area (Å²) < 4.78 is 23.2. The van der Waals surface area contributed by atoms with E-state index >= 15 is 0 Å². The van der Waals surface area contributed by atoms with E-state index in [-0.39, 0.29) is 31.5 Å². The average molecular weight is 751 g/mol. The number of methoxy groups -OCH3 is 2. The predicted octanol–water partition coefficient (Wildman–Crippen LogP) is 7.75. The first kappa shape index (κ1) is 37.2. The number of rotatable bonds is 17. The van der Waals surface area contributed by atoms with E-state index < -0.39 is 22.9 Å². The number of nitrogens with zero attached hydrogens (tertiary/aromatic N) is 2. The molecule has 0 amide bonds. The van der Waals surface area contributed by atoms with Crippen molar-refractivity contribution in [3.63, 3.8) is 0 Å². The van der Waals surface area contributed by atoms with Crippen molar-refractivity contribution in [1.82, 2.24) is 15.3 Å². The largest absolute Gasteiger partial charge is 0.481 e. The van der Waals surface area contributed by atoms with Crippen LogP contribution in [-0.2, 0) is 35.8 Å². The van der Waals surface area contributed by atoms with Crippen LogP contribution in [0.25, 0.3) is 11.1 Å². The molecule has 0 saturated heterocycles. The van der Waals surface area contributed by atoms with Crippen molar-refractivity contribution in [2.45, 2.75) is 77.7 Å². The number of pyridine rings is 2. The fourth-order valence-corrected chi connectivity index (χ4v) is 6.81. The number of aliphatic carboxylic acids is 2. The molecule has 13 heteroatoms. The lowest BCUT2D eigenvalue weighted by Crippen LogP contribution is -2.38. The van der Waals surface area contributed by atoms with Gasteiger partial charge >= 0.3 is 11.9 Å². The van der Waals surface area contributed by atoms with E-state index in [1.807, 2.05) is 38.1 Å². The molecule has 0 bridgehead atoms. The molecule has 2 aromatic heterocycles. The van der Waals surface area contributed by atoms with Crippen LogP contribution >= 0.6 is 23.2 Å². The minimum Gasteiger partial charge on any atom is -0.481 e. The number of carboxylic acid groups (broad SMARTS) is 2. The van der Waals surface area contributed by atoms with Gasteiger partial charge in [-0.1, -0.05) is 59.6 Å². The predicted molar refractivity (Wildman–Crippen MR) is 196 cm³/mol. The summed E-state index contributed by atoms with van der Waals surface area (Å²) in [6, 6.07) is 15.5. The van der Waals surface area contributed by atoms with Gasteiger partial charge in [-0.15, -0.1) is 0 Å². The minimum absolute atomic E-state index is 0.205. The van der Waals surface area contributed by atoms with E-state index in [0.29, 0.717) is 65.9 Å². The lowest BCUT2D eigenvalue weighted by molar-refractivity contribution is -0.143. The third-order valence-corrected chi connectivity index (χ3v) is 10.8. The molecule has 2 aliphatic carbocycles. The first-order chi connectivity index (χ1) is 24.9. The van der Waals surface area contributed by atoms with Crippen molar-refractivity contribution in [2.75, 3.05) is 14.2 Å².